The lowest BCUT2D eigenvalue weighted by Gasteiger charge is -2.14. The van der Waals surface area contributed by atoms with Gasteiger partial charge < -0.3 is 14.3 Å². The van der Waals surface area contributed by atoms with Crippen molar-refractivity contribution in [2.75, 3.05) is 6.61 Å². The summed E-state index contributed by atoms with van der Waals surface area (Å²) in [6.45, 7) is 4.13. The third kappa shape index (κ3) is 3.44. The number of aliphatic hydroxyl groups is 1. The van der Waals surface area contributed by atoms with Crippen LogP contribution in [-0.2, 0) is 6.54 Å². The third-order valence-electron chi connectivity index (χ3n) is 4.40. The molecule has 0 spiro atoms. The lowest BCUT2D eigenvalue weighted by Crippen LogP contribution is -2.30. The van der Waals surface area contributed by atoms with Crippen molar-refractivity contribution in [1.29, 1.82) is 0 Å². The second-order valence-electron chi connectivity index (χ2n) is 6.77. The number of furan rings is 1. The number of para-hydroxylation sites is 1. The molecule has 4 rings (SSSR count). The molecule has 6 nitrogen and oxygen atoms in total. The Balaban J connectivity index is 1.53. The van der Waals surface area contributed by atoms with E-state index in [-0.39, 0.29) is 24.3 Å². The zero-order chi connectivity index (χ0) is 19.0. The Labute approximate surface area is 155 Å². The summed E-state index contributed by atoms with van der Waals surface area (Å²) in [6, 6.07) is 13.3. The fourth-order valence-corrected chi connectivity index (χ4v) is 3.23. The lowest BCUT2D eigenvalue weighted by molar-refractivity contribution is 0.0913. The van der Waals surface area contributed by atoms with Crippen molar-refractivity contribution < 1.29 is 14.3 Å². The van der Waals surface area contributed by atoms with Gasteiger partial charge in [-0.25, -0.2) is 4.98 Å². The van der Waals surface area contributed by atoms with E-state index in [0.29, 0.717) is 16.8 Å². The first kappa shape index (κ1) is 17.3. The molecule has 0 radical (unpaired) electrons. The van der Waals surface area contributed by atoms with Crippen LogP contribution in [0.2, 0.25) is 0 Å². The molecule has 0 aliphatic heterocycles. The van der Waals surface area contributed by atoms with Crippen molar-refractivity contribution in [3.05, 3.63) is 70.3 Å². The first-order valence-corrected chi connectivity index (χ1v) is 8.77. The maximum Gasteiger partial charge on any atom is 0.297 e. The Morgan fingerprint density at radius 2 is 1.93 bits per heavy atom. The number of hydrogen-bond acceptors (Lipinski definition) is 5. The summed E-state index contributed by atoms with van der Waals surface area (Å²) in [5.74, 6) is 0.699. The van der Waals surface area contributed by atoms with E-state index in [2.05, 4.69) is 11.1 Å². The van der Waals surface area contributed by atoms with Crippen molar-refractivity contribution in [3.8, 4) is 5.75 Å². The quantitative estimate of drug-likeness (QED) is 0.588. The Hall–Kier alpha value is -3.12. The molecule has 1 atom stereocenters. The molecule has 4 aromatic rings. The van der Waals surface area contributed by atoms with E-state index in [1.165, 1.54) is 10.9 Å². The first-order valence-electron chi connectivity index (χ1n) is 8.77. The van der Waals surface area contributed by atoms with E-state index in [1.54, 1.807) is 6.07 Å². The number of benzene rings is 2. The Bertz CT molecular complexity index is 1160. The maximum absolute atomic E-state index is 12.7. The highest BCUT2D eigenvalue weighted by atomic mass is 16.5. The topological polar surface area (TPSA) is 77.5 Å². The van der Waals surface area contributed by atoms with Crippen molar-refractivity contribution in [1.82, 2.24) is 9.55 Å². The molecule has 0 amide bonds. The van der Waals surface area contributed by atoms with E-state index >= 15 is 0 Å². The molecule has 0 aliphatic rings. The van der Waals surface area contributed by atoms with E-state index < -0.39 is 6.10 Å². The molecule has 1 N–H and O–H groups in total. The van der Waals surface area contributed by atoms with Gasteiger partial charge in [0.25, 0.3) is 5.56 Å². The molecular weight excluding hydrogens is 344 g/mol. The number of rotatable bonds is 5. The van der Waals surface area contributed by atoms with Crippen LogP contribution in [-0.4, -0.2) is 27.4 Å². The van der Waals surface area contributed by atoms with Crippen LogP contribution in [0, 0.1) is 13.8 Å². The van der Waals surface area contributed by atoms with E-state index in [0.717, 1.165) is 16.5 Å². The summed E-state index contributed by atoms with van der Waals surface area (Å²) >= 11 is 0. The van der Waals surface area contributed by atoms with Crippen LogP contribution in [0.1, 0.15) is 11.1 Å². The average molecular weight is 364 g/mol. The highest BCUT2D eigenvalue weighted by Gasteiger charge is 2.15. The number of ether oxygens (including phenoxy) is 1. The van der Waals surface area contributed by atoms with Gasteiger partial charge in [0.1, 0.15) is 29.6 Å². The SMILES string of the molecule is Cc1cc(C)cc(OCC(O)Cn2cnc3c(oc4ccccc43)c2=O)c1. The zero-order valence-corrected chi connectivity index (χ0v) is 15.2. The first-order chi connectivity index (χ1) is 13.0. The molecule has 6 heteroatoms. The molecule has 2 heterocycles. The summed E-state index contributed by atoms with van der Waals surface area (Å²) in [7, 11) is 0. The summed E-state index contributed by atoms with van der Waals surface area (Å²) < 4.78 is 12.7. The molecule has 138 valence electrons. The average Bonchev–Trinajstić information content (AvgIpc) is 3.01. The summed E-state index contributed by atoms with van der Waals surface area (Å²) in [5.41, 5.74) is 3.22. The van der Waals surface area contributed by atoms with Crippen molar-refractivity contribution in [3.63, 3.8) is 0 Å². The lowest BCUT2D eigenvalue weighted by atomic mass is 10.1. The maximum atomic E-state index is 12.7. The molecule has 2 aromatic carbocycles. The van der Waals surface area contributed by atoms with Gasteiger partial charge in [-0.15, -0.1) is 0 Å². The van der Waals surface area contributed by atoms with Gasteiger partial charge in [0, 0.05) is 5.39 Å². The summed E-state index contributed by atoms with van der Waals surface area (Å²) in [4.78, 5) is 17.0. The molecule has 0 saturated carbocycles. The van der Waals surface area contributed by atoms with Gasteiger partial charge in [0.15, 0.2) is 0 Å². The third-order valence-corrected chi connectivity index (χ3v) is 4.40. The number of aliphatic hydroxyl groups excluding tert-OH is 1. The molecule has 0 bridgehead atoms. The van der Waals surface area contributed by atoms with Gasteiger partial charge in [-0.1, -0.05) is 18.2 Å². The number of fused-ring (bicyclic) bond motifs is 3. The van der Waals surface area contributed by atoms with Crippen LogP contribution in [0.3, 0.4) is 0 Å². The molecule has 1 unspecified atom stereocenters. The van der Waals surface area contributed by atoms with Crippen molar-refractivity contribution in [2.24, 2.45) is 0 Å². The van der Waals surface area contributed by atoms with Gasteiger partial charge in [-0.2, -0.15) is 0 Å². The van der Waals surface area contributed by atoms with E-state index in [1.807, 2.05) is 44.2 Å². The minimum atomic E-state index is -0.854. The van der Waals surface area contributed by atoms with E-state index in [4.69, 9.17) is 9.15 Å². The number of hydrogen-bond donors (Lipinski definition) is 1. The highest BCUT2D eigenvalue weighted by Crippen LogP contribution is 2.24. The number of aromatic nitrogens is 2. The number of aryl methyl sites for hydroxylation is 2. The molecular formula is C21H20N2O4. The fourth-order valence-electron chi connectivity index (χ4n) is 3.23. The van der Waals surface area contributed by atoms with Gasteiger partial charge in [0.2, 0.25) is 5.58 Å². The summed E-state index contributed by atoms with van der Waals surface area (Å²) in [5, 5.41) is 11.1. The second-order valence-corrected chi connectivity index (χ2v) is 6.77. The van der Waals surface area contributed by atoms with Gasteiger partial charge in [-0.05, 0) is 49.2 Å². The minimum absolute atomic E-state index is 0.0730. The molecule has 0 aliphatic carbocycles. The Morgan fingerprint density at radius 1 is 1.19 bits per heavy atom. The monoisotopic (exact) mass is 364 g/mol. The van der Waals surface area contributed by atoms with E-state index in [9.17, 15) is 9.90 Å². The molecule has 0 fully saturated rings. The van der Waals surface area contributed by atoms with Gasteiger partial charge >= 0.3 is 0 Å². The second kappa shape index (κ2) is 6.89. The Morgan fingerprint density at radius 3 is 2.70 bits per heavy atom. The minimum Gasteiger partial charge on any atom is -0.491 e. The highest BCUT2D eigenvalue weighted by molar-refractivity contribution is 6.01. The zero-order valence-electron chi connectivity index (χ0n) is 15.2. The predicted molar refractivity (Wildman–Crippen MR) is 103 cm³/mol. The standard InChI is InChI=1S/C21H20N2O4/c1-13-7-14(2)9-16(8-13)26-11-15(24)10-23-12-22-19-17-5-3-4-6-18(17)27-20(19)21(23)25/h3-9,12,15,24H,10-11H2,1-2H3. The van der Waals surface area contributed by atoms with Crippen LogP contribution in [0.5, 0.6) is 5.75 Å². The van der Waals surface area contributed by atoms with Crippen LogP contribution < -0.4 is 10.3 Å². The molecule has 27 heavy (non-hydrogen) atoms. The normalized spacial score (nSPS) is 12.6. The van der Waals surface area contributed by atoms with Gasteiger partial charge in [-0.3, -0.25) is 9.36 Å². The predicted octanol–water partition coefficient (Wildman–Crippen LogP) is 3.20. The van der Waals surface area contributed by atoms with Crippen LogP contribution >= 0.6 is 0 Å². The smallest absolute Gasteiger partial charge is 0.297 e. The van der Waals surface area contributed by atoms with Crippen LogP contribution in [0.15, 0.2) is 58.0 Å². The van der Waals surface area contributed by atoms with Crippen molar-refractivity contribution in [2.45, 2.75) is 26.5 Å². The summed E-state index contributed by atoms with van der Waals surface area (Å²) in [6.07, 6.45) is 0.583. The molecule has 0 saturated heterocycles. The van der Waals surface area contributed by atoms with Crippen molar-refractivity contribution >= 4 is 22.1 Å². The van der Waals surface area contributed by atoms with Crippen LogP contribution in [0.25, 0.3) is 22.1 Å². The van der Waals surface area contributed by atoms with Crippen LogP contribution in [0.4, 0.5) is 0 Å². The van der Waals surface area contributed by atoms with Gasteiger partial charge in [0.05, 0.1) is 12.9 Å². The number of nitrogens with zero attached hydrogens (tertiary/aromatic N) is 2. The fraction of sp³-hybridized carbons (Fsp3) is 0.238. The largest absolute Gasteiger partial charge is 0.491 e. The Kier molecular flexibility index (Phi) is 4.41. The molecule has 2 aromatic heterocycles.